The Hall–Kier alpha value is -2.82. The molecule has 0 aliphatic rings. The molecule has 0 aliphatic heterocycles. The normalized spacial score (nSPS) is 10.4. The molecule has 2 aromatic carbocycles. The second-order valence-corrected chi connectivity index (χ2v) is 6.44. The minimum Gasteiger partial charge on any atom is -0.376 e. The van der Waals surface area contributed by atoms with Crippen LogP contribution in [0.4, 0.5) is 17.1 Å². The van der Waals surface area contributed by atoms with E-state index in [1.165, 1.54) is 0 Å². The van der Waals surface area contributed by atoms with Crippen LogP contribution in [0.15, 0.2) is 42.5 Å². The Morgan fingerprint density at radius 3 is 2.40 bits per heavy atom. The molecule has 2 rings (SSSR count). The number of anilines is 3. The molecule has 0 aromatic heterocycles. The highest BCUT2D eigenvalue weighted by Gasteiger charge is 2.08. The number of aryl methyl sites for hydroxylation is 2. The van der Waals surface area contributed by atoms with E-state index >= 15 is 0 Å². The molecule has 2 aromatic rings. The largest absolute Gasteiger partial charge is 0.376 e. The molecule has 0 atom stereocenters. The Labute approximate surface area is 148 Å². The molecule has 25 heavy (non-hydrogen) atoms. The van der Waals surface area contributed by atoms with Crippen LogP contribution in [0, 0.1) is 19.8 Å². The fraction of sp³-hybridized carbons (Fsp3) is 0.300. The van der Waals surface area contributed by atoms with Gasteiger partial charge in [-0.2, -0.15) is 0 Å². The van der Waals surface area contributed by atoms with E-state index in [1.807, 2.05) is 70.2 Å². The van der Waals surface area contributed by atoms with Gasteiger partial charge in [-0.15, -0.1) is 0 Å². The van der Waals surface area contributed by atoms with Crippen LogP contribution in [-0.2, 0) is 9.59 Å². The Kier molecular flexibility index (Phi) is 6.17. The number of benzene rings is 2. The summed E-state index contributed by atoms with van der Waals surface area (Å²) in [6, 6.07) is 13.3. The molecule has 0 radical (unpaired) electrons. The molecule has 0 aliphatic carbocycles. The lowest BCUT2D eigenvalue weighted by molar-refractivity contribution is -0.119. The summed E-state index contributed by atoms with van der Waals surface area (Å²) >= 11 is 0. The van der Waals surface area contributed by atoms with Gasteiger partial charge in [-0.3, -0.25) is 9.59 Å². The second kappa shape index (κ2) is 8.33. The molecule has 132 valence electrons. The molecule has 0 saturated carbocycles. The van der Waals surface area contributed by atoms with Gasteiger partial charge in [-0.1, -0.05) is 32.0 Å². The third-order valence-corrected chi connectivity index (χ3v) is 3.77. The number of rotatable bonds is 6. The molecule has 0 saturated heterocycles. The highest BCUT2D eigenvalue weighted by atomic mass is 16.2. The van der Waals surface area contributed by atoms with E-state index in [0.717, 1.165) is 22.5 Å². The first-order valence-corrected chi connectivity index (χ1v) is 8.37. The quantitative estimate of drug-likeness (QED) is 0.746. The van der Waals surface area contributed by atoms with Crippen LogP contribution in [0.3, 0.4) is 0 Å². The highest BCUT2D eigenvalue weighted by Crippen LogP contribution is 2.17. The molecule has 2 amide bonds. The zero-order chi connectivity index (χ0) is 18.4. The average molecular weight is 339 g/mol. The van der Waals surface area contributed by atoms with Crippen LogP contribution < -0.4 is 16.0 Å². The van der Waals surface area contributed by atoms with Gasteiger partial charge in [0.1, 0.15) is 0 Å². The van der Waals surface area contributed by atoms with Crippen molar-refractivity contribution in [2.45, 2.75) is 27.7 Å². The van der Waals surface area contributed by atoms with Gasteiger partial charge >= 0.3 is 0 Å². The molecule has 0 unspecified atom stereocenters. The zero-order valence-corrected chi connectivity index (χ0v) is 15.1. The van der Waals surface area contributed by atoms with Gasteiger partial charge in [0.25, 0.3) is 0 Å². The minimum atomic E-state index is -0.120. The Bertz CT molecular complexity index is 769. The molecule has 0 heterocycles. The smallest absolute Gasteiger partial charge is 0.243 e. The molecule has 0 bridgehead atoms. The standard InChI is InChI=1S/C20H25N3O2/c1-13(2)20(25)22-17-7-5-6-16(11-17)21-12-19(24)23-18-10-14(3)8-9-15(18)4/h5-11,13,21H,12H2,1-4H3,(H,22,25)(H,23,24). The number of carbonyl (C=O) groups excluding carboxylic acids is 2. The molecule has 3 N–H and O–H groups in total. The van der Waals surface area contributed by atoms with Crippen molar-refractivity contribution in [1.82, 2.24) is 0 Å². The van der Waals surface area contributed by atoms with E-state index in [0.29, 0.717) is 5.69 Å². The summed E-state index contributed by atoms with van der Waals surface area (Å²) in [6.45, 7) is 7.78. The van der Waals surface area contributed by atoms with E-state index in [4.69, 9.17) is 0 Å². The Balaban J connectivity index is 1.93. The van der Waals surface area contributed by atoms with E-state index in [1.54, 1.807) is 0 Å². The van der Waals surface area contributed by atoms with Gasteiger partial charge in [0.05, 0.1) is 6.54 Å². The predicted octanol–water partition coefficient (Wildman–Crippen LogP) is 3.95. The van der Waals surface area contributed by atoms with Crippen molar-refractivity contribution >= 4 is 28.9 Å². The van der Waals surface area contributed by atoms with Crippen LogP contribution in [0.25, 0.3) is 0 Å². The predicted molar refractivity (Wildman–Crippen MR) is 103 cm³/mol. The maximum atomic E-state index is 12.2. The first-order valence-electron chi connectivity index (χ1n) is 8.37. The van der Waals surface area contributed by atoms with Crippen LogP contribution in [0.2, 0.25) is 0 Å². The number of hydrogen-bond donors (Lipinski definition) is 3. The van der Waals surface area contributed by atoms with Gasteiger partial charge < -0.3 is 16.0 Å². The lowest BCUT2D eigenvalue weighted by Crippen LogP contribution is -2.22. The highest BCUT2D eigenvalue weighted by molar-refractivity contribution is 5.95. The molecular formula is C20H25N3O2. The Morgan fingerprint density at radius 2 is 1.68 bits per heavy atom. The van der Waals surface area contributed by atoms with Crippen molar-refractivity contribution in [3.05, 3.63) is 53.6 Å². The number of carbonyl (C=O) groups is 2. The summed E-state index contributed by atoms with van der Waals surface area (Å²) in [4.78, 5) is 23.9. The van der Waals surface area contributed by atoms with E-state index in [2.05, 4.69) is 16.0 Å². The van der Waals surface area contributed by atoms with E-state index < -0.39 is 0 Å². The van der Waals surface area contributed by atoms with Crippen LogP contribution >= 0.6 is 0 Å². The maximum absolute atomic E-state index is 12.2. The summed E-state index contributed by atoms with van der Waals surface area (Å²) in [5.41, 5.74) is 4.43. The third kappa shape index (κ3) is 5.64. The van der Waals surface area contributed by atoms with E-state index in [-0.39, 0.29) is 24.3 Å². The van der Waals surface area contributed by atoms with Crippen LogP contribution in [0.1, 0.15) is 25.0 Å². The summed E-state index contributed by atoms with van der Waals surface area (Å²) in [6.07, 6.45) is 0. The summed E-state index contributed by atoms with van der Waals surface area (Å²) in [5.74, 6) is -0.241. The van der Waals surface area contributed by atoms with Gasteiger partial charge in [-0.05, 0) is 49.2 Å². The first kappa shape index (κ1) is 18.5. The fourth-order valence-corrected chi connectivity index (χ4v) is 2.24. The first-order chi connectivity index (χ1) is 11.8. The summed E-state index contributed by atoms with van der Waals surface area (Å²) in [7, 11) is 0. The van der Waals surface area contributed by atoms with Crippen molar-refractivity contribution in [2.75, 3.05) is 22.5 Å². The van der Waals surface area contributed by atoms with Crippen molar-refractivity contribution in [3.8, 4) is 0 Å². The topological polar surface area (TPSA) is 70.2 Å². The lowest BCUT2D eigenvalue weighted by atomic mass is 10.1. The van der Waals surface area contributed by atoms with Crippen molar-refractivity contribution < 1.29 is 9.59 Å². The lowest BCUT2D eigenvalue weighted by Gasteiger charge is -2.12. The maximum Gasteiger partial charge on any atom is 0.243 e. The summed E-state index contributed by atoms with van der Waals surface area (Å²) in [5, 5.41) is 8.83. The zero-order valence-electron chi connectivity index (χ0n) is 15.1. The monoisotopic (exact) mass is 339 g/mol. The van der Waals surface area contributed by atoms with Crippen molar-refractivity contribution in [2.24, 2.45) is 5.92 Å². The van der Waals surface area contributed by atoms with Gasteiger partial charge in [0, 0.05) is 23.0 Å². The molecule has 5 nitrogen and oxygen atoms in total. The SMILES string of the molecule is Cc1ccc(C)c(NC(=O)CNc2cccc(NC(=O)C(C)C)c2)c1. The Morgan fingerprint density at radius 1 is 0.960 bits per heavy atom. The number of amides is 2. The van der Waals surface area contributed by atoms with Gasteiger partial charge in [-0.25, -0.2) is 0 Å². The van der Waals surface area contributed by atoms with E-state index in [9.17, 15) is 9.59 Å². The minimum absolute atomic E-state index is 0.0372. The summed E-state index contributed by atoms with van der Waals surface area (Å²) < 4.78 is 0. The van der Waals surface area contributed by atoms with Crippen molar-refractivity contribution in [3.63, 3.8) is 0 Å². The average Bonchev–Trinajstić information content (AvgIpc) is 2.56. The third-order valence-electron chi connectivity index (χ3n) is 3.77. The second-order valence-electron chi connectivity index (χ2n) is 6.44. The molecular weight excluding hydrogens is 314 g/mol. The fourth-order valence-electron chi connectivity index (χ4n) is 2.24. The molecule has 0 fully saturated rings. The molecule has 0 spiro atoms. The van der Waals surface area contributed by atoms with Crippen molar-refractivity contribution in [1.29, 1.82) is 0 Å². The van der Waals surface area contributed by atoms with Crippen LogP contribution in [-0.4, -0.2) is 18.4 Å². The van der Waals surface area contributed by atoms with Gasteiger partial charge in [0.2, 0.25) is 11.8 Å². The van der Waals surface area contributed by atoms with Gasteiger partial charge in [0.15, 0.2) is 0 Å². The number of hydrogen-bond acceptors (Lipinski definition) is 3. The number of nitrogens with one attached hydrogen (secondary N) is 3. The van der Waals surface area contributed by atoms with Crippen LogP contribution in [0.5, 0.6) is 0 Å². The molecule has 5 heteroatoms.